The lowest BCUT2D eigenvalue weighted by Gasteiger charge is -1.99. The molecule has 0 atom stereocenters. The predicted molar refractivity (Wildman–Crippen MR) is 79.4 cm³/mol. The first-order valence-corrected chi connectivity index (χ1v) is 7.38. The van der Waals surface area contributed by atoms with Crippen molar-refractivity contribution in [2.75, 3.05) is 7.11 Å². The molecule has 0 spiro atoms. The van der Waals surface area contributed by atoms with Crippen LogP contribution in [0.4, 0.5) is 0 Å². The summed E-state index contributed by atoms with van der Waals surface area (Å²) in [7, 11) is 1.31. The molecular weight excluding hydrogens is 236 g/mol. The van der Waals surface area contributed by atoms with Crippen molar-refractivity contribution in [3.05, 3.63) is 0 Å². The van der Waals surface area contributed by atoms with Crippen LogP contribution >= 0.6 is 0 Å². The van der Waals surface area contributed by atoms with Crippen LogP contribution < -0.4 is 0 Å². The zero-order chi connectivity index (χ0) is 14.2. The van der Waals surface area contributed by atoms with Gasteiger partial charge in [-0.2, -0.15) is 0 Å². The monoisotopic (exact) mass is 262 g/mol. The van der Waals surface area contributed by atoms with Gasteiger partial charge in [-0.25, -0.2) is 4.79 Å². The van der Waals surface area contributed by atoms with Gasteiger partial charge in [-0.1, -0.05) is 64.2 Å². The van der Waals surface area contributed by atoms with Crippen molar-refractivity contribution in [2.24, 2.45) is 0 Å². The van der Waals surface area contributed by atoms with E-state index in [4.69, 9.17) is 0 Å². The molecule has 0 saturated heterocycles. The van der Waals surface area contributed by atoms with E-state index in [0.717, 1.165) is 12.8 Å². The summed E-state index contributed by atoms with van der Waals surface area (Å²) in [5, 5.41) is 0. The van der Waals surface area contributed by atoms with Crippen molar-refractivity contribution in [2.45, 2.75) is 71.1 Å². The molecule has 0 bridgehead atoms. The van der Waals surface area contributed by atoms with Gasteiger partial charge in [-0.3, -0.25) is 0 Å². The topological polar surface area (TPSA) is 26.3 Å². The van der Waals surface area contributed by atoms with Crippen molar-refractivity contribution in [3.63, 3.8) is 0 Å². The van der Waals surface area contributed by atoms with Crippen LogP contribution in [0.1, 0.15) is 71.1 Å². The lowest BCUT2D eigenvalue weighted by molar-refractivity contribution is -0.133. The molecule has 0 unspecified atom stereocenters. The number of carbonyl (C=O) groups is 1. The molecule has 0 rings (SSSR count). The summed E-state index contributed by atoms with van der Waals surface area (Å²) in [5.74, 6) is 9.85. The van der Waals surface area contributed by atoms with Crippen LogP contribution in [-0.4, -0.2) is 13.1 Å². The van der Waals surface area contributed by atoms with Gasteiger partial charge in [-0.15, -0.1) is 0 Å². The summed E-state index contributed by atoms with van der Waals surface area (Å²) in [5.41, 5.74) is 0. The summed E-state index contributed by atoms with van der Waals surface area (Å²) in [6.07, 6.45) is 12.7. The Labute approximate surface area is 118 Å². The van der Waals surface area contributed by atoms with Crippen LogP contribution in [0.3, 0.4) is 0 Å². The Morgan fingerprint density at radius 3 is 2.05 bits per heavy atom. The van der Waals surface area contributed by atoms with E-state index in [1.165, 1.54) is 58.5 Å². The van der Waals surface area contributed by atoms with E-state index in [0.29, 0.717) is 0 Å². The van der Waals surface area contributed by atoms with E-state index >= 15 is 0 Å². The third kappa shape index (κ3) is 14.5. The smallest absolute Gasteiger partial charge is 0.385 e. The molecule has 0 aliphatic rings. The molecule has 0 N–H and O–H groups in total. The van der Waals surface area contributed by atoms with Gasteiger partial charge in [0.1, 0.15) is 0 Å². The van der Waals surface area contributed by atoms with Gasteiger partial charge in [0.2, 0.25) is 0 Å². The molecule has 0 heterocycles. The molecule has 0 aliphatic heterocycles. The van der Waals surface area contributed by atoms with Crippen molar-refractivity contribution in [3.8, 4) is 23.7 Å². The molecule has 0 radical (unpaired) electrons. The van der Waals surface area contributed by atoms with Crippen molar-refractivity contribution in [1.82, 2.24) is 0 Å². The summed E-state index contributed by atoms with van der Waals surface area (Å²) in [6.45, 7) is 2.25. The molecule has 0 aromatic heterocycles. The fraction of sp³-hybridized carbons (Fsp3) is 0.706. The first kappa shape index (κ1) is 17.6. The molecule has 0 fully saturated rings. The van der Waals surface area contributed by atoms with Gasteiger partial charge in [-0.05, 0) is 18.3 Å². The van der Waals surface area contributed by atoms with Crippen molar-refractivity contribution < 1.29 is 9.53 Å². The highest BCUT2D eigenvalue weighted by Crippen LogP contribution is 2.09. The van der Waals surface area contributed by atoms with E-state index in [9.17, 15) is 4.79 Å². The maximum Gasteiger partial charge on any atom is 0.385 e. The Hall–Kier alpha value is -1.41. The van der Waals surface area contributed by atoms with Crippen molar-refractivity contribution in [1.29, 1.82) is 0 Å². The van der Waals surface area contributed by atoms with E-state index < -0.39 is 5.97 Å². The quantitative estimate of drug-likeness (QED) is 0.271. The maximum absolute atomic E-state index is 10.6. The molecule has 106 valence electrons. The Morgan fingerprint density at radius 1 is 0.895 bits per heavy atom. The lowest BCUT2D eigenvalue weighted by Crippen LogP contribution is -1.93. The zero-order valence-corrected chi connectivity index (χ0v) is 12.4. The third-order valence-electron chi connectivity index (χ3n) is 2.91. The summed E-state index contributed by atoms with van der Waals surface area (Å²) in [6, 6.07) is 0. The average molecular weight is 262 g/mol. The number of ether oxygens (including phenoxy) is 1. The predicted octanol–water partition coefficient (Wildman–Crippen LogP) is 4.09. The molecule has 0 saturated carbocycles. The molecule has 2 heteroatoms. The van der Waals surface area contributed by atoms with E-state index in [1.54, 1.807) is 0 Å². The van der Waals surface area contributed by atoms with Crippen LogP contribution in [0.2, 0.25) is 0 Å². The molecule has 0 aromatic carbocycles. The highest BCUT2D eigenvalue weighted by Gasteiger charge is 1.91. The van der Waals surface area contributed by atoms with Gasteiger partial charge in [0.05, 0.1) is 7.11 Å². The van der Waals surface area contributed by atoms with Crippen LogP contribution in [0.15, 0.2) is 0 Å². The third-order valence-corrected chi connectivity index (χ3v) is 2.91. The number of hydrogen-bond acceptors (Lipinski definition) is 2. The van der Waals surface area contributed by atoms with Gasteiger partial charge < -0.3 is 4.74 Å². The highest BCUT2D eigenvalue weighted by molar-refractivity contribution is 5.88. The van der Waals surface area contributed by atoms with E-state index in [1.807, 2.05) is 0 Å². The number of unbranched alkanes of at least 4 members (excludes halogenated alkanes) is 9. The van der Waals surface area contributed by atoms with E-state index in [2.05, 4.69) is 35.3 Å². The van der Waals surface area contributed by atoms with Crippen LogP contribution in [0.5, 0.6) is 0 Å². The second kappa shape index (κ2) is 14.7. The Bertz CT molecular complexity index is 336. The van der Waals surface area contributed by atoms with E-state index in [-0.39, 0.29) is 0 Å². The zero-order valence-electron chi connectivity index (χ0n) is 12.4. The number of rotatable bonds is 9. The van der Waals surface area contributed by atoms with Gasteiger partial charge >= 0.3 is 5.97 Å². The second-order valence-corrected chi connectivity index (χ2v) is 4.62. The molecule has 0 aromatic rings. The van der Waals surface area contributed by atoms with Crippen LogP contribution in [-0.2, 0) is 9.53 Å². The van der Waals surface area contributed by atoms with Crippen LogP contribution in [0, 0.1) is 23.7 Å². The maximum atomic E-state index is 10.6. The first-order valence-electron chi connectivity index (χ1n) is 7.38. The minimum Gasteiger partial charge on any atom is -0.459 e. The largest absolute Gasteiger partial charge is 0.459 e. The fourth-order valence-corrected chi connectivity index (χ4v) is 1.76. The SMILES string of the molecule is CCCCCCCCCCCC#CC#CC(=O)OC. The molecular formula is C17H26O2. The van der Waals surface area contributed by atoms with Gasteiger partial charge in [0.25, 0.3) is 0 Å². The standard InChI is InChI=1S/C17H26O2/c1-3-4-5-6-7-8-9-10-11-12-13-14-15-16-17(18)19-2/h3-12H2,1-2H3. The molecule has 19 heavy (non-hydrogen) atoms. The van der Waals surface area contributed by atoms with Crippen LogP contribution in [0.25, 0.3) is 0 Å². The number of carbonyl (C=O) groups excluding carboxylic acids is 1. The van der Waals surface area contributed by atoms with Crippen molar-refractivity contribution >= 4 is 5.97 Å². The molecule has 0 aliphatic carbocycles. The normalized spacial score (nSPS) is 8.95. The highest BCUT2D eigenvalue weighted by atomic mass is 16.5. The van der Waals surface area contributed by atoms with Gasteiger partial charge in [0, 0.05) is 12.3 Å². The summed E-state index contributed by atoms with van der Waals surface area (Å²) in [4.78, 5) is 10.6. The van der Waals surface area contributed by atoms with Gasteiger partial charge in [0.15, 0.2) is 0 Å². The Balaban J connectivity index is 3.29. The molecule has 0 amide bonds. The Kier molecular flexibility index (Phi) is 13.6. The number of hydrogen-bond donors (Lipinski definition) is 0. The fourth-order valence-electron chi connectivity index (χ4n) is 1.76. The number of esters is 1. The summed E-state index contributed by atoms with van der Waals surface area (Å²) >= 11 is 0. The summed E-state index contributed by atoms with van der Waals surface area (Å²) < 4.78 is 4.38. The average Bonchev–Trinajstić information content (AvgIpc) is 2.43. The first-order chi connectivity index (χ1) is 9.31. The lowest BCUT2D eigenvalue weighted by atomic mass is 10.1. The Morgan fingerprint density at radius 2 is 1.47 bits per heavy atom. The second-order valence-electron chi connectivity index (χ2n) is 4.62. The number of methoxy groups -OCH3 is 1. The molecule has 2 nitrogen and oxygen atoms in total. The minimum atomic E-state index is -0.530. The minimum absolute atomic E-state index is 0.530.